The van der Waals surface area contributed by atoms with E-state index in [9.17, 15) is 26.3 Å². The molecule has 0 aliphatic carbocycles. The fourth-order valence-electron chi connectivity index (χ4n) is 2.80. The number of hydrogen-bond acceptors (Lipinski definition) is 5. The van der Waals surface area contributed by atoms with Gasteiger partial charge in [0.1, 0.15) is 12.7 Å². The minimum atomic E-state index is -4.97. The second-order valence-electron chi connectivity index (χ2n) is 6.87. The Bertz CT molecular complexity index is 1200. The summed E-state index contributed by atoms with van der Waals surface area (Å²) in [4.78, 5) is 7.94. The van der Waals surface area contributed by atoms with Crippen LogP contribution in [-0.4, -0.2) is 35.7 Å². The van der Waals surface area contributed by atoms with Crippen LogP contribution in [0.2, 0.25) is 0 Å². The van der Waals surface area contributed by atoms with E-state index in [1.54, 1.807) is 37.9 Å². The third-order valence-electron chi connectivity index (χ3n) is 4.41. The molecule has 0 bridgehead atoms. The van der Waals surface area contributed by atoms with Crippen molar-refractivity contribution >= 4 is 18.0 Å². The second-order valence-corrected chi connectivity index (χ2v) is 6.87. The number of halogens is 6. The Morgan fingerprint density at radius 2 is 1.64 bits per heavy atom. The molecule has 2 aromatic heterocycles. The zero-order valence-corrected chi connectivity index (χ0v) is 17.5. The van der Waals surface area contributed by atoms with Crippen LogP contribution in [0.1, 0.15) is 30.8 Å². The van der Waals surface area contributed by atoms with Crippen LogP contribution in [0.25, 0.3) is 23.2 Å². The summed E-state index contributed by atoms with van der Waals surface area (Å²) in [7, 11) is 1.70. The van der Waals surface area contributed by atoms with E-state index in [1.807, 2.05) is 0 Å². The third kappa shape index (κ3) is 5.54. The van der Waals surface area contributed by atoms with Gasteiger partial charge in [-0.15, -0.1) is 15.3 Å². The van der Waals surface area contributed by atoms with Crippen LogP contribution in [0.3, 0.4) is 0 Å². The van der Waals surface area contributed by atoms with Crippen molar-refractivity contribution in [2.24, 2.45) is 12.0 Å². The molecule has 0 unspecified atom stereocenters. The van der Waals surface area contributed by atoms with Crippen LogP contribution in [-0.2, 0) is 19.4 Å². The Balaban J connectivity index is 2.10. The molecule has 3 rings (SSSR count). The molecule has 0 saturated heterocycles. The standard InChI is InChI=1S/C20H17F6N7/c1-4-27-8-12(2)16(18-30-29-11-32(18)3)9-33-10-28-17(31-33)13-5-14(19(21,22)23)7-15(6-13)20(24,25)26/h4-11H,1-3H3/b12-8+,16-9+,27-4-. The highest BCUT2D eigenvalue weighted by atomic mass is 19.4. The Morgan fingerprint density at radius 3 is 2.15 bits per heavy atom. The van der Waals surface area contributed by atoms with Crippen molar-refractivity contribution in [1.82, 2.24) is 29.5 Å². The minimum Gasteiger partial charge on any atom is -0.317 e. The third-order valence-corrected chi connectivity index (χ3v) is 4.41. The molecule has 0 N–H and O–H groups in total. The van der Waals surface area contributed by atoms with Gasteiger partial charge in [0.2, 0.25) is 0 Å². The lowest BCUT2D eigenvalue weighted by Crippen LogP contribution is -2.11. The number of benzene rings is 1. The van der Waals surface area contributed by atoms with Crippen LogP contribution < -0.4 is 0 Å². The smallest absolute Gasteiger partial charge is 0.317 e. The molecule has 2 heterocycles. The number of aromatic nitrogens is 6. The first kappa shape index (κ1) is 23.9. The summed E-state index contributed by atoms with van der Waals surface area (Å²) in [5, 5.41) is 11.9. The number of nitrogens with zero attached hydrogens (tertiary/aromatic N) is 7. The van der Waals surface area contributed by atoms with Crippen molar-refractivity contribution in [2.45, 2.75) is 26.2 Å². The first-order valence-corrected chi connectivity index (χ1v) is 9.32. The van der Waals surface area contributed by atoms with E-state index in [0.29, 0.717) is 29.1 Å². The average Bonchev–Trinajstić information content (AvgIpc) is 3.37. The minimum absolute atomic E-state index is 0.0506. The van der Waals surface area contributed by atoms with Crippen molar-refractivity contribution in [3.63, 3.8) is 0 Å². The molecular formula is C20H17F6N7. The van der Waals surface area contributed by atoms with Gasteiger partial charge in [-0.1, -0.05) is 0 Å². The molecule has 0 aliphatic heterocycles. The van der Waals surface area contributed by atoms with Gasteiger partial charge in [-0.05, 0) is 37.6 Å². The molecule has 174 valence electrons. The maximum Gasteiger partial charge on any atom is 0.416 e. The van der Waals surface area contributed by atoms with Crippen LogP contribution in [0, 0.1) is 0 Å². The van der Waals surface area contributed by atoms with Gasteiger partial charge in [0.25, 0.3) is 0 Å². The Kier molecular flexibility index (Phi) is 6.51. The summed E-state index contributed by atoms with van der Waals surface area (Å²) in [5.41, 5.74) is -2.16. The van der Waals surface area contributed by atoms with Crippen LogP contribution >= 0.6 is 0 Å². The molecule has 3 aromatic rings. The van der Waals surface area contributed by atoms with E-state index in [1.165, 1.54) is 17.2 Å². The maximum absolute atomic E-state index is 13.2. The summed E-state index contributed by atoms with van der Waals surface area (Å²) >= 11 is 0. The van der Waals surface area contributed by atoms with E-state index in [0.717, 1.165) is 6.33 Å². The maximum atomic E-state index is 13.2. The molecule has 33 heavy (non-hydrogen) atoms. The van der Waals surface area contributed by atoms with Crippen LogP contribution in [0.15, 0.2) is 47.6 Å². The molecule has 0 amide bonds. The molecule has 0 atom stereocenters. The predicted molar refractivity (Wildman–Crippen MR) is 109 cm³/mol. The molecule has 7 nitrogen and oxygen atoms in total. The molecule has 13 heteroatoms. The van der Waals surface area contributed by atoms with Gasteiger partial charge in [-0.3, -0.25) is 4.99 Å². The summed E-state index contributed by atoms with van der Waals surface area (Å²) in [5.74, 6) is 0.124. The highest BCUT2D eigenvalue weighted by molar-refractivity contribution is 5.83. The van der Waals surface area contributed by atoms with Crippen molar-refractivity contribution in [3.8, 4) is 11.4 Å². The van der Waals surface area contributed by atoms with Gasteiger partial charge >= 0.3 is 12.4 Å². The molecule has 0 saturated carbocycles. The number of allylic oxidation sites excluding steroid dienone is 2. The quantitative estimate of drug-likeness (QED) is 0.296. The lowest BCUT2D eigenvalue weighted by molar-refractivity contribution is -0.143. The largest absolute Gasteiger partial charge is 0.416 e. The highest BCUT2D eigenvalue weighted by Crippen LogP contribution is 2.38. The van der Waals surface area contributed by atoms with Gasteiger partial charge in [0.15, 0.2) is 11.6 Å². The SMILES string of the molecule is C\C=N/C=C(C)/C(=C\n1cnc(-c2cc(C(F)(F)F)cc(C(F)(F)F)c2)n1)c1nncn1C. The fourth-order valence-corrected chi connectivity index (χ4v) is 2.80. The molecular weight excluding hydrogens is 452 g/mol. The first-order valence-electron chi connectivity index (χ1n) is 9.32. The van der Waals surface area contributed by atoms with Crippen LogP contribution in [0.4, 0.5) is 26.3 Å². The molecule has 1 aromatic carbocycles. The van der Waals surface area contributed by atoms with E-state index < -0.39 is 29.0 Å². The first-order chi connectivity index (χ1) is 15.4. The average molecular weight is 469 g/mol. The van der Waals surface area contributed by atoms with Crippen LogP contribution in [0.5, 0.6) is 0 Å². The topological polar surface area (TPSA) is 73.8 Å². The Labute approximate surface area is 183 Å². The van der Waals surface area contributed by atoms with Gasteiger partial charge in [-0.25, -0.2) is 9.67 Å². The van der Waals surface area contributed by atoms with Gasteiger partial charge in [-0.2, -0.15) is 26.3 Å². The van der Waals surface area contributed by atoms with E-state index in [4.69, 9.17) is 0 Å². The van der Waals surface area contributed by atoms with Gasteiger partial charge in [0.05, 0.1) is 11.1 Å². The van der Waals surface area contributed by atoms with Gasteiger partial charge < -0.3 is 4.57 Å². The van der Waals surface area contributed by atoms with Crippen molar-refractivity contribution in [3.05, 3.63) is 59.6 Å². The lowest BCUT2D eigenvalue weighted by Gasteiger charge is -2.13. The molecule has 0 spiro atoms. The monoisotopic (exact) mass is 469 g/mol. The van der Waals surface area contributed by atoms with Crippen molar-refractivity contribution in [2.75, 3.05) is 0 Å². The van der Waals surface area contributed by atoms with E-state index in [2.05, 4.69) is 25.3 Å². The number of aliphatic imine (C=N–C) groups is 1. The summed E-state index contributed by atoms with van der Waals surface area (Å²) in [6, 6.07) is 1.20. The second kappa shape index (κ2) is 9.00. The molecule has 0 radical (unpaired) electrons. The number of rotatable bonds is 5. The van der Waals surface area contributed by atoms with Crippen molar-refractivity contribution < 1.29 is 26.3 Å². The summed E-state index contributed by atoms with van der Waals surface area (Å²) in [6.45, 7) is 3.47. The lowest BCUT2D eigenvalue weighted by atomic mass is 10.0. The zero-order chi connectivity index (χ0) is 24.4. The summed E-state index contributed by atoms with van der Waals surface area (Å²) in [6.07, 6.45) is -2.73. The molecule has 0 fully saturated rings. The number of alkyl halides is 6. The summed E-state index contributed by atoms with van der Waals surface area (Å²) < 4.78 is 81.7. The highest BCUT2D eigenvalue weighted by Gasteiger charge is 2.37. The molecule has 0 aliphatic rings. The number of aryl methyl sites for hydroxylation is 1. The Morgan fingerprint density at radius 1 is 1.00 bits per heavy atom. The number of hydrogen-bond donors (Lipinski definition) is 0. The van der Waals surface area contributed by atoms with Crippen molar-refractivity contribution in [1.29, 1.82) is 0 Å². The zero-order valence-electron chi connectivity index (χ0n) is 17.5. The van der Waals surface area contributed by atoms with Gasteiger partial charge in [0, 0.05) is 36.8 Å². The fraction of sp³-hybridized carbons (Fsp3) is 0.250. The van der Waals surface area contributed by atoms with E-state index >= 15 is 0 Å². The normalized spacial score (nSPS) is 13.8. The predicted octanol–water partition coefficient (Wildman–Crippen LogP) is 5.10. The Hall–Kier alpha value is -3.77. The van der Waals surface area contributed by atoms with E-state index in [-0.39, 0.29) is 11.9 Å².